The number of alkyl halides is 3. The first kappa shape index (κ1) is 22.6. The fourth-order valence-electron chi connectivity index (χ4n) is 3.84. The molecule has 0 unspecified atom stereocenters. The molecule has 0 aliphatic carbocycles. The third-order valence-electron chi connectivity index (χ3n) is 5.82. The van der Waals surface area contributed by atoms with E-state index in [2.05, 4.69) is 5.32 Å². The highest BCUT2D eigenvalue weighted by molar-refractivity contribution is 6.30. The molecule has 3 rings (SSSR count). The van der Waals surface area contributed by atoms with Gasteiger partial charge in [-0.15, -0.1) is 0 Å². The van der Waals surface area contributed by atoms with Crippen molar-refractivity contribution in [2.24, 2.45) is 0 Å². The second kappa shape index (κ2) is 8.60. The number of carbonyl (C=O) groups is 1. The smallest absolute Gasteiger partial charge is 0.381 e. The topological polar surface area (TPSA) is 38.3 Å². The van der Waals surface area contributed by atoms with Crippen LogP contribution in [0.5, 0.6) is 0 Å². The van der Waals surface area contributed by atoms with Crippen molar-refractivity contribution in [1.29, 1.82) is 0 Å². The van der Waals surface area contributed by atoms with Gasteiger partial charge in [-0.05, 0) is 42.2 Å². The Kier molecular flexibility index (Phi) is 6.48. The van der Waals surface area contributed by atoms with E-state index in [-0.39, 0.29) is 5.91 Å². The molecule has 162 valence electrons. The van der Waals surface area contributed by atoms with E-state index in [4.69, 9.17) is 16.3 Å². The van der Waals surface area contributed by atoms with Gasteiger partial charge in [-0.2, -0.15) is 13.2 Å². The molecule has 7 heteroatoms. The van der Waals surface area contributed by atoms with Gasteiger partial charge < -0.3 is 10.1 Å². The van der Waals surface area contributed by atoms with Crippen LogP contribution >= 0.6 is 11.6 Å². The Morgan fingerprint density at radius 3 is 2.33 bits per heavy atom. The third-order valence-corrected chi connectivity index (χ3v) is 6.06. The quantitative estimate of drug-likeness (QED) is 0.668. The second-order valence-corrected chi connectivity index (χ2v) is 8.79. The summed E-state index contributed by atoms with van der Waals surface area (Å²) < 4.78 is 45.2. The third kappa shape index (κ3) is 4.81. The van der Waals surface area contributed by atoms with E-state index >= 15 is 0 Å². The summed E-state index contributed by atoms with van der Waals surface area (Å²) in [5.41, 5.74) is -0.864. The average Bonchev–Trinajstić information content (AvgIpc) is 2.72. The molecule has 0 spiro atoms. The van der Waals surface area contributed by atoms with Crippen molar-refractivity contribution < 1.29 is 22.7 Å². The van der Waals surface area contributed by atoms with Crippen LogP contribution in [-0.2, 0) is 26.5 Å². The van der Waals surface area contributed by atoms with E-state index in [1.165, 1.54) is 6.07 Å². The van der Waals surface area contributed by atoms with Gasteiger partial charge in [0.1, 0.15) is 0 Å². The maximum atomic E-state index is 13.4. The summed E-state index contributed by atoms with van der Waals surface area (Å²) >= 11 is 6.10. The minimum Gasteiger partial charge on any atom is -0.381 e. The summed E-state index contributed by atoms with van der Waals surface area (Å²) in [6.45, 7) is 4.94. The first-order valence-electron chi connectivity index (χ1n) is 9.84. The van der Waals surface area contributed by atoms with Crippen molar-refractivity contribution in [2.75, 3.05) is 19.8 Å². The lowest BCUT2D eigenvalue weighted by Crippen LogP contribution is -2.50. The number of nitrogens with one attached hydrogen (secondary N) is 1. The van der Waals surface area contributed by atoms with Crippen LogP contribution in [0.1, 0.15) is 43.4 Å². The van der Waals surface area contributed by atoms with Gasteiger partial charge in [0, 0.05) is 30.2 Å². The largest absolute Gasteiger partial charge is 0.416 e. The molecule has 1 amide bonds. The first-order chi connectivity index (χ1) is 14.0. The number of amides is 1. The molecule has 1 N–H and O–H groups in total. The molecule has 0 aromatic heterocycles. The zero-order chi connectivity index (χ0) is 22.0. The highest BCUT2D eigenvalue weighted by atomic mass is 35.5. The van der Waals surface area contributed by atoms with Crippen LogP contribution in [0.2, 0.25) is 5.02 Å². The molecule has 0 atom stereocenters. The van der Waals surface area contributed by atoms with Crippen molar-refractivity contribution in [3.8, 4) is 0 Å². The van der Waals surface area contributed by atoms with Crippen LogP contribution in [0.15, 0.2) is 48.5 Å². The molecule has 1 saturated heterocycles. The highest BCUT2D eigenvalue weighted by Crippen LogP contribution is 2.38. The van der Waals surface area contributed by atoms with Crippen LogP contribution in [0.25, 0.3) is 0 Å². The van der Waals surface area contributed by atoms with E-state index in [9.17, 15) is 18.0 Å². The molecule has 1 heterocycles. The maximum absolute atomic E-state index is 13.4. The van der Waals surface area contributed by atoms with Gasteiger partial charge in [-0.3, -0.25) is 4.79 Å². The van der Waals surface area contributed by atoms with Crippen molar-refractivity contribution in [2.45, 2.75) is 43.7 Å². The first-order valence-corrected chi connectivity index (χ1v) is 10.2. The Morgan fingerprint density at radius 1 is 1.07 bits per heavy atom. The zero-order valence-electron chi connectivity index (χ0n) is 17.0. The Hall–Kier alpha value is -2.05. The number of hydrogen-bond donors (Lipinski definition) is 1. The summed E-state index contributed by atoms with van der Waals surface area (Å²) in [6, 6.07) is 12.5. The van der Waals surface area contributed by atoms with E-state index in [0.717, 1.165) is 17.7 Å². The minimum atomic E-state index is -4.46. The van der Waals surface area contributed by atoms with E-state index in [0.29, 0.717) is 43.2 Å². The fraction of sp³-hybridized carbons (Fsp3) is 0.435. The Bertz CT molecular complexity index is 905. The molecule has 2 aromatic carbocycles. The van der Waals surface area contributed by atoms with Crippen LogP contribution in [-0.4, -0.2) is 25.7 Å². The summed E-state index contributed by atoms with van der Waals surface area (Å²) in [4.78, 5) is 13.4. The lowest BCUT2D eigenvalue weighted by atomic mass is 9.72. The number of ether oxygens (including phenoxy) is 1. The monoisotopic (exact) mass is 439 g/mol. The second-order valence-electron chi connectivity index (χ2n) is 8.35. The number of benzene rings is 2. The minimum absolute atomic E-state index is 0.278. The summed E-state index contributed by atoms with van der Waals surface area (Å²) in [7, 11) is 0. The molecule has 2 aromatic rings. The van der Waals surface area contributed by atoms with Crippen molar-refractivity contribution in [1.82, 2.24) is 5.32 Å². The Morgan fingerprint density at radius 2 is 1.70 bits per heavy atom. The van der Waals surface area contributed by atoms with Gasteiger partial charge in [-0.25, -0.2) is 0 Å². The highest BCUT2D eigenvalue weighted by Gasteiger charge is 2.43. The average molecular weight is 440 g/mol. The number of hydrogen-bond acceptors (Lipinski definition) is 2. The van der Waals surface area contributed by atoms with Crippen LogP contribution in [0.4, 0.5) is 13.2 Å². The Labute approximate surface area is 179 Å². The molecular formula is C23H25ClF3NO2. The number of carbonyl (C=O) groups excluding carboxylic acids is 1. The van der Waals surface area contributed by atoms with Gasteiger partial charge in [0.15, 0.2) is 0 Å². The molecular weight excluding hydrogens is 415 g/mol. The summed E-state index contributed by atoms with van der Waals surface area (Å²) in [6.07, 6.45) is -3.80. The lowest BCUT2D eigenvalue weighted by molar-refractivity contribution is -0.138. The van der Waals surface area contributed by atoms with Crippen molar-refractivity contribution in [3.63, 3.8) is 0 Å². The molecule has 30 heavy (non-hydrogen) atoms. The standard InChI is InChI=1S/C23H25ClF3NO2/c1-21(2,16-5-4-8-19(24)14-16)15-28-20(29)22(9-11-30-12-10-22)17-6-3-7-18(13-17)23(25,26)27/h3-8,13-14H,9-12,15H2,1-2H3,(H,28,29). The normalized spacial score (nSPS) is 16.9. The molecule has 0 bridgehead atoms. The van der Waals surface area contributed by atoms with Crippen LogP contribution in [0.3, 0.4) is 0 Å². The Balaban J connectivity index is 1.86. The van der Waals surface area contributed by atoms with Crippen molar-refractivity contribution >= 4 is 17.5 Å². The van der Waals surface area contributed by atoms with E-state index in [1.807, 2.05) is 32.0 Å². The molecule has 1 aliphatic rings. The maximum Gasteiger partial charge on any atom is 0.416 e. The zero-order valence-corrected chi connectivity index (χ0v) is 17.7. The van der Waals surface area contributed by atoms with Crippen LogP contribution < -0.4 is 5.32 Å². The molecule has 0 saturated carbocycles. The molecule has 1 aliphatic heterocycles. The SMILES string of the molecule is CC(C)(CNC(=O)C1(c2cccc(C(F)(F)F)c2)CCOCC1)c1cccc(Cl)c1. The summed E-state index contributed by atoms with van der Waals surface area (Å²) in [5.74, 6) is -0.278. The van der Waals surface area contributed by atoms with Crippen LogP contribution in [0, 0.1) is 0 Å². The van der Waals surface area contributed by atoms with Gasteiger partial charge in [-0.1, -0.05) is 55.8 Å². The van der Waals surface area contributed by atoms with Gasteiger partial charge in [0.25, 0.3) is 0 Å². The van der Waals surface area contributed by atoms with E-state index in [1.54, 1.807) is 12.1 Å². The summed E-state index contributed by atoms with van der Waals surface area (Å²) in [5, 5.41) is 3.60. The number of rotatable bonds is 5. The molecule has 3 nitrogen and oxygen atoms in total. The number of halogens is 4. The van der Waals surface area contributed by atoms with Gasteiger partial charge >= 0.3 is 6.18 Å². The van der Waals surface area contributed by atoms with Gasteiger partial charge in [0.05, 0.1) is 11.0 Å². The fourth-order valence-corrected chi connectivity index (χ4v) is 4.03. The predicted molar refractivity (Wildman–Crippen MR) is 111 cm³/mol. The lowest BCUT2D eigenvalue weighted by Gasteiger charge is -2.37. The van der Waals surface area contributed by atoms with Crippen molar-refractivity contribution in [3.05, 3.63) is 70.2 Å². The van der Waals surface area contributed by atoms with E-state index < -0.39 is 22.6 Å². The molecule has 0 radical (unpaired) electrons. The predicted octanol–water partition coefficient (Wildman–Crippen LogP) is 5.50. The van der Waals surface area contributed by atoms with Gasteiger partial charge in [0.2, 0.25) is 5.91 Å². The molecule has 1 fully saturated rings.